The van der Waals surface area contributed by atoms with Crippen molar-refractivity contribution in [3.05, 3.63) is 71.7 Å². The Morgan fingerprint density at radius 1 is 1.19 bits per heavy atom. The quantitative estimate of drug-likeness (QED) is 0.179. The van der Waals surface area contributed by atoms with E-state index in [2.05, 4.69) is 5.32 Å². The summed E-state index contributed by atoms with van der Waals surface area (Å²) in [7, 11) is 1.51. The lowest BCUT2D eigenvalue weighted by Crippen LogP contribution is -2.50. The van der Waals surface area contributed by atoms with Gasteiger partial charge in [0.25, 0.3) is 5.91 Å². The number of alkyl halides is 1. The van der Waals surface area contributed by atoms with Crippen molar-refractivity contribution in [1.82, 2.24) is 19.8 Å². The number of hydrogen-bond acceptors (Lipinski definition) is 8. The number of rotatable bonds is 15. The van der Waals surface area contributed by atoms with Crippen LogP contribution in [0.3, 0.4) is 0 Å². The smallest absolute Gasteiger partial charge is 0.303 e. The first-order valence-corrected chi connectivity index (χ1v) is 15.5. The molecule has 4 unspecified atom stereocenters. The van der Waals surface area contributed by atoms with Gasteiger partial charge in [0.1, 0.15) is 29.4 Å². The second-order valence-electron chi connectivity index (χ2n) is 12.5. The predicted octanol–water partition coefficient (Wildman–Crippen LogP) is 4.65. The van der Waals surface area contributed by atoms with Gasteiger partial charge >= 0.3 is 5.97 Å². The van der Waals surface area contributed by atoms with Gasteiger partial charge in [0.2, 0.25) is 0 Å². The number of imidazole rings is 1. The number of nitrogens with one attached hydrogen (secondary N) is 1. The van der Waals surface area contributed by atoms with Crippen LogP contribution in [-0.2, 0) is 25.6 Å². The molecule has 2 N–H and O–H groups in total. The van der Waals surface area contributed by atoms with Crippen molar-refractivity contribution in [2.75, 3.05) is 40.1 Å². The first-order chi connectivity index (χ1) is 22.3. The zero-order chi connectivity index (χ0) is 34.3. The number of aliphatic hydroxyl groups excluding tert-OH is 1. The van der Waals surface area contributed by atoms with Crippen LogP contribution in [0.15, 0.2) is 48.7 Å². The average Bonchev–Trinajstić information content (AvgIpc) is 3.61. The molecule has 3 aromatic rings. The second-order valence-corrected chi connectivity index (χ2v) is 12.5. The normalized spacial score (nSPS) is 17.7. The maximum atomic E-state index is 15.1. The van der Waals surface area contributed by atoms with E-state index in [1.807, 2.05) is 19.9 Å². The van der Waals surface area contributed by atoms with Crippen molar-refractivity contribution < 1.29 is 42.1 Å². The molecule has 13 heteroatoms. The number of hydrogen-bond donors (Lipinski definition) is 2. The van der Waals surface area contributed by atoms with Crippen LogP contribution < -0.4 is 10.1 Å². The molecule has 1 saturated heterocycles. The van der Waals surface area contributed by atoms with E-state index in [9.17, 15) is 19.1 Å². The molecule has 0 radical (unpaired) electrons. The van der Waals surface area contributed by atoms with Crippen LogP contribution >= 0.6 is 0 Å². The number of ether oxygens (including phenoxy) is 3. The SMILES string of the molecule is COCOc1cccc(Cn2cc(-c3cc(F)ccc3F)nc2C(N(CC2CNCC2F)C(=O)C(C)OC(C)=O)C(C)(C)CCO)c1. The summed E-state index contributed by atoms with van der Waals surface area (Å²) in [4.78, 5) is 32.4. The van der Waals surface area contributed by atoms with Crippen molar-refractivity contribution in [2.24, 2.45) is 11.3 Å². The monoisotopic (exact) mass is 660 g/mol. The summed E-state index contributed by atoms with van der Waals surface area (Å²) < 4.78 is 62.3. The first kappa shape index (κ1) is 35.9. The number of benzene rings is 2. The van der Waals surface area contributed by atoms with Gasteiger partial charge in [-0.1, -0.05) is 26.0 Å². The molecule has 0 saturated carbocycles. The number of halogens is 3. The number of carbonyl (C=O) groups excluding carboxylic acids is 2. The van der Waals surface area contributed by atoms with Crippen molar-refractivity contribution >= 4 is 11.9 Å². The summed E-state index contributed by atoms with van der Waals surface area (Å²) in [6.07, 6.45) is -0.694. The molecular weight excluding hydrogens is 617 g/mol. The summed E-state index contributed by atoms with van der Waals surface area (Å²) in [5.41, 5.74) is -0.115. The highest BCUT2D eigenvalue weighted by Gasteiger charge is 2.44. The fourth-order valence-corrected chi connectivity index (χ4v) is 5.98. The standard InChI is InChI=1S/C34H43F3N4O6/c1-21(47-22(2)43)33(44)41(18-24-15-38-16-29(24)37)31(34(3,4)11-12-42)32-39-30(27-14-25(35)9-10-28(27)36)19-40(32)17-23-7-6-8-26(13-23)46-20-45-5/h6-10,13-14,19,21,24,29,31,38,42H,11-12,15-18,20H2,1-5H3. The van der Waals surface area contributed by atoms with E-state index in [1.165, 1.54) is 25.9 Å². The summed E-state index contributed by atoms with van der Waals surface area (Å²) in [5, 5.41) is 13.2. The van der Waals surface area contributed by atoms with E-state index >= 15 is 8.78 Å². The lowest BCUT2D eigenvalue weighted by atomic mass is 9.79. The lowest BCUT2D eigenvalue weighted by molar-refractivity contribution is -0.161. The summed E-state index contributed by atoms with van der Waals surface area (Å²) in [6, 6.07) is 9.33. The van der Waals surface area contributed by atoms with Gasteiger partial charge < -0.3 is 34.1 Å². The third kappa shape index (κ3) is 8.91. The van der Waals surface area contributed by atoms with Crippen molar-refractivity contribution in [3.8, 4) is 17.0 Å². The molecule has 0 bridgehead atoms. The molecule has 2 aromatic carbocycles. The second kappa shape index (κ2) is 15.8. The zero-order valence-corrected chi connectivity index (χ0v) is 27.3. The number of esters is 1. The number of amides is 1. The van der Waals surface area contributed by atoms with E-state index in [1.54, 1.807) is 29.0 Å². The summed E-state index contributed by atoms with van der Waals surface area (Å²) >= 11 is 0. The fourth-order valence-electron chi connectivity index (χ4n) is 5.98. The van der Waals surface area contributed by atoms with E-state index in [-0.39, 0.29) is 56.5 Å². The van der Waals surface area contributed by atoms with Gasteiger partial charge in [-0.3, -0.25) is 9.59 Å². The van der Waals surface area contributed by atoms with Gasteiger partial charge in [0.15, 0.2) is 12.9 Å². The summed E-state index contributed by atoms with van der Waals surface area (Å²) in [5.74, 6) is -2.37. The van der Waals surface area contributed by atoms with Crippen LogP contribution in [0.5, 0.6) is 5.75 Å². The Morgan fingerprint density at radius 2 is 1.96 bits per heavy atom. The topological polar surface area (TPSA) is 115 Å². The van der Waals surface area contributed by atoms with Crippen LogP contribution in [0.25, 0.3) is 11.3 Å². The molecule has 10 nitrogen and oxygen atoms in total. The third-order valence-electron chi connectivity index (χ3n) is 8.32. The largest absolute Gasteiger partial charge is 0.468 e. The molecule has 1 amide bonds. The summed E-state index contributed by atoms with van der Waals surface area (Å²) in [6.45, 7) is 6.64. The highest BCUT2D eigenvalue weighted by atomic mass is 19.1. The van der Waals surface area contributed by atoms with E-state index in [4.69, 9.17) is 19.2 Å². The minimum Gasteiger partial charge on any atom is -0.468 e. The Kier molecular flexibility index (Phi) is 12.0. The molecule has 1 fully saturated rings. The van der Waals surface area contributed by atoms with Crippen molar-refractivity contribution in [3.63, 3.8) is 0 Å². The maximum absolute atomic E-state index is 15.1. The van der Waals surface area contributed by atoms with E-state index in [0.29, 0.717) is 12.3 Å². The van der Waals surface area contributed by atoms with Gasteiger partial charge in [-0.2, -0.15) is 0 Å². The minimum absolute atomic E-state index is 0.0311. The van der Waals surface area contributed by atoms with Crippen LogP contribution in [0.2, 0.25) is 0 Å². The van der Waals surface area contributed by atoms with Gasteiger partial charge in [-0.15, -0.1) is 0 Å². The van der Waals surface area contributed by atoms with Gasteiger partial charge in [-0.25, -0.2) is 18.2 Å². The number of aliphatic hydroxyl groups is 1. The zero-order valence-electron chi connectivity index (χ0n) is 27.3. The van der Waals surface area contributed by atoms with Crippen LogP contribution in [-0.4, -0.2) is 83.9 Å². The Hall–Kier alpha value is -3.94. The number of nitrogens with zero attached hydrogens (tertiary/aromatic N) is 3. The Balaban J connectivity index is 1.93. The average molecular weight is 661 g/mol. The van der Waals surface area contributed by atoms with Crippen LogP contribution in [0.4, 0.5) is 13.2 Å². The third-order valence-corrected chi connectivity index (χ3v) is 8.32. The van der Waals surface area contributed by atoms with E-state index < -0.39 is 53.2 Å². The molecule has 256 valence electrons. The van der Waals surface area contributed by atoms with Crippen LogP contribution in [0.1, 0.15) is 51.5 Å². The lowest BCUT2D eigenvalue weighted by Gasteiger charge is -2.43. The fraction of sp³-hybridized carbons (Fsp3) is 0.500. The minimum atomic E-state index is -1.25. The van der Waals surface area contributed by atoms with Gasteiger partial charge in [0, 0.05) is 64.5 Å². The van der Waals surface area contributed by atoms with Gasteiger partial charge in [0.05, 0.1) is 11.7 Å². The predicted molar refractivity (Wildman–Crippen MR) is 168 cm³/mol. The molecule has 47 heavy (non-hydrogen) atoms. The maximum Gasteiger partial charge on any atom is 0.303 e. The van der Waals surface area contributed by atoms with E-state index in [0.717, 1.165) is 23.8 Å². The number of carbonyl (C=O) groups is 2. The highest BCUT2D eigenvalue weighted by Crippen LogP contribution is 2.43. The Labute approximate surface area is 272 Å². The number of aromatic nitrogens is 2. The Bertz CT molecular complexity index is 1530. The molecule has 0 aliphatic carbocycles. The van der Waals surface area contributed by atoms with Gasteiger partial charge in [-0.05, 0) is 54.7 Å². The Morgan fingerprint density at radius 3 is 2.62 bits per heavy atom. The molecule has 2 heterocycles. The molecular formula is C34H43F3N4O6. The molecule has 4 atom stereocenters. The number of methoxy groups -OCH3 is 1. The van der Waals surface area contributed by atoms with Crippen molar-refractivity contribution in [1.29, 1.82) is 0 Å². The highest BCUT2D eigenvalue weighted by molar-refractivity contribution is 5.83. The van der Waals surface area contributed by atoms with Crippen molar-refractivity contribution in [2.45, 2.75) is 59.0 Å². The first-order valence-electron chi connectivity index (χ1n) is 15.5. The molecule has 4 rings (SSSR count). The molecule has 0 spiro atoms. The molecule has 1 aromatic heterocycles. The molecule has 1 aliphatic rings. The molecule has 1 aliphatic heterocycles. The van der Waals surface area contributed by atoms with Crippen LogP contribution in [0, 0.1) is 23.0 Å².